The van der Waals surface area contributed by atoms with Crippen LogP contribution in [0.15, 0.2) is 48.5 Å². The summed E-state index contributed by atoms with van der Waals surface area (Å²) in [6.07, 6.45) is 0. The van der Waals surface area contributed by atoms with Crippen molar-refractivity contribution in [1.29, 1.82) is 0 Å². The predicted octanol–water partition coefficient (Wildman–Crippen LogP) is 4.18. The van der Waals surface area contributed by atoms with E-state index in [0.717, 1.165) is 78.9 Å². The van der Waals surface area contributed by atoms with Gasteiger partial charge in [0.05, 0.1) is 52.9 Å². The quantitative estimate of drug-likeness (QED) is 0.239. The standard InChI is InChI=1S/C14H28N2O4.2C6H7.C4H10S.4CO.Li.2Mn.Pb/c1-7-17-9-3-16-4-10-18-8-2-15(1)5-11-19-13-14-20-12-6-16;2*1-6-4-2-3-5-6;1-4(2,3)5;4*1-2;;;;/h1-14H2;2*2-5H,1H3;5H,1-3H3;;;;;;;;/q;2*-1;;;;;;;;;+1/p-1. The molecule has 3 heterocycles. The van der Waals surface area contributed by atoms with Crippen LogP contribution in [0, 0.1) is 40.4 Å². The molecule has 3 saturated heterocycles. The third-order valence-corrected chi connectivity index (χ3v) is 17.6. The van der Waals surface area contributed by atoms with E-state index in [9.17, 15) is 0 Å². The molecule has 3 fully saturated rings. The van der Waals surface area contributed by atoms with Crippen LogP contribution in [-0.4, -0.2) is 145 Å². The first kappa shape index (κ1) is 61.4. The summed E-state index contributed by atoms with van der Waals surface area (Å²) in [5.41, 5.74) is 2.69. The van der Waals surface area contributed by atoms with Crippen LogP contribution in [-0.2, 0) is 66.1 Å². The largest absolute Gasteiger partial charge is 0 e. The van der Waals surface area contributed by atoms with Crippen LogP contribution in [0.4, 0.5) is 0 Å². The number of nitrogens with zero attached hydrogens (tertiary/aromatic N) is 2. The van der Waals surface area contributed by atoms with E-state index in [-0.39, 0.29) is 55.6 Å². The zero-order valence-corrected chi connectivity index (χ0v) is 36.9. The second kappa shape index (κ2) is 50.4. The summed E-state index contributed by atoms with van der Waals surface area (Å²) in [6.45, 7) is 40.6. The molecule has 0 unspecified atom stereocenters. The average molecular weight is 972 g/mol. The van der Waals surface area contributed by atoms with Gasteiger partial charge < -0.3 is 18.9 Å². The summed E-state index contributed by atoms with van der Waals surface area (Å²) < 4.78 is 53.2. The monoisotopic (exact) mass is 972 g/mol. The van der Waals surface area contributed by atoms with E-state index in [0.29, 0.717) is 18.0 Å². The fourth-order valence-electron chi connectivity index (χ4n) is 3.41. The third kappa shape index (κ3) is 50.5. The minimum atomic E-state index is -0.361. The van der Waals surface area contributed by atoms with E-state index >= 15 is 0 Å². The summed E-state index contributed by atoms with van der Waals surface area (Å²) in [4.78, 5) is 4.69. The van der Waals surface area contributed by atoms with Crippen LogP contribution in [0.5, 0.6) is 0 Å². The van der Waals surface area contributed by atoms with Gasteiger partial charge in [-0.05, 0) is 0 Å². The maximum atomic E-state index is 7.50. The number of hydrogen-bond donors (Lipinski definition) is 0. The van der Waals surface area contributed by atoms with Gasteiger partial charge in [0.25, 0.3) is 0 Å². The van der Waals surface area contributed by atoms with Gasteiger partial charge in [-0.25, -0.2) is 23.3 Å². The van der Waals surface area contributed by atoms with E-state index in [2.05, 4.69) is 115 Å². The molecular weight excluding hydrogens is 920 g/mol. The number of aryl methyl sites for hydroxylation is 2. The molecular formula is C34H51LiMn2N2O8PbS-2. The minimum Gasteiger partial charge on any atom is 0 e. The Morgan fingerprint density at radius 3 is 1.04 bits per heavy atom. The van der Waals surface area contributed by atoms with Crippen LogP contribution < -0.4 is 0 Å². The van der Waals surface area contributed by atoms with Crippen molar-refractivity contribution in [3.8, 4) is 0 Å². The second-order valence-corrected chi connectivity index (χ2v) is 22.5. The van der Waals surface area contributed by atoms with Gasteiger partial charge in [0.2, 0.25) is 0 Å². The molecule has 49 heavy (non-hydrogen) atoms. The molecule has 0 N–H and O–H groups in total. The van der Waals surface area contributed by atoms with Crippen LogP contribution in [0.25, 0.3) is 0 Å². The van der Waals surface area contributed by atoms with Gasteiger partial charge in [0, 0.05) is 75.2 Å². The average Bonchev–Trinajstić information content (AvgIpc) is 3.77. The maximum Gasteiger partial charge on any atom is 0 e. The molecule has 0 spiro atoms. The smallest absolute Gasteiger partial charge is 0 e. The summed E-state index contributed by atoms with van der Waals surface area (Å²) in [7, 11) is 2.10. The first-order valence-corrected chi connectivity index (χ1v) is 27.0. The van der Waals surface area contributed by atoms with Crippen molar-refractivity contribution < 1.29 is 66.1 Å². The summed E-state index contributed by atoms with van der Waals surface area (Å²) in [5.74, 6) is 0. The molecule has 0 aromatic heterocycles. The van der Waals surface area contributed by atoms with Crippen molar-refractivity contribution in [1.82, 2.24) is 9.80 Å². The molecule has 2 aromatic rings. The molecule has 2 aromatic carbocycles. The number of hydrogen-bond acceptors (Lipinski definition) is 7. The van der Waals surface area contributed by atoms with E-state index in [1.54, 1.807) is 0 Å². The maximum absolute atomic E-state index is 7.50. The molecule has 0 aliphatic carbocycles. The van der Waals surface area contributed by atoms with E-state index in [4.69, 9.17) is 37.6 Å². The van der Waals surface area contributed by atoms with Gasteiger partial charge in [-0.1, -0.05) is 13.8 Å². The molecule has 0 atom stereocenters. The Hall–Kier alpha value is 0.328. The van der Waals surface area contributed by atoms with Crippen molar-refractivity contribution in [3.05, 3.63) is 86.3 Å². The normalized spacial score (nSPS) is 17.2. The van der Waals surface area contributed by atoms with Gasteiger partial charge in [0.15, 0.2) is 0 Å². The fourth-order valence-corrected chi connectivity index (χ4v) is 15.9. The van der Waals surface area contributed by atoms with Crippen molar-refractivity contribution >= 4 is 46.9 Å². The molecule has 3 radical (unpaired) electrons. The Balaban J connectivity index is -0.000000132. The van der Waals surface area contributed by atoms with Crippen LogP contribution in [0.3, 0.4) is 0 Å². The van der Waals surface area contributed by atoms with E-state index < -0.39 is 0 Å². The Labute approximate surface area is 337 Å². The fraction of sp³-hybridized carbons (Fsp3) is 0.588. The molecule has 3 aliphatic heterocycles. The molecule has 0 amide bonds. The molecule has 0 saturated carbocycles. The Bertz CT molecular complexity index is 879. The van der Waals surface area contributed by atoms with Crippen LogP contribution in [0.1, 0.15) is 31.9 Å². The van der Waals surface area contributed by atoms with Crippen molar-refractivity contribution in [3.63, 3.8) is 0 Å². The summed E-state index contributed by atoms with van der Waals surface area (Å²) in [6, 6.07) is 16.5. The molecule has 10 nitrogen and oxygen atoms in total. The van der Waals surface area contributed by atoms with Gasteiger partial charge in [-0.2, -0.15) is 36.4 Å². The topological polar surface area (TPSA) is 123 Å². The first-order valence-electron chi connectivity index (χ1n) is 14.8. The number of rotatable bonds is 1. The second-order valence-electron chi connectivity index (χ2n) is 10.3. The summed E-state index contributed by atoms with van der Waals surface area (Å²) >= 11 is 3.18. The zero-order chi connectivity index (χ0) is 36.6. The first-order chi connectivity index (χ1) is 22.8. The van der Waals surface area contributed by atoms with E-state index in [1.807, 2.05) is 24.3 Å². The van der Waals surface area contributed by atoms with Crippen molar-refractivity contribution in [2.75, 3.05) is 92.1 Å². The minimum absolute atomic E-state index is 0. The van der Waals surface area contributed by atoms with Gasteiger partial charge in [-0.15, -0.1) is 0 Å². The van der Waals surface area contributed by atoms with Gasteiger partial charge >= 0.3 is 110 Å². The molecule has 3 aliphatic rings. The van der Waals surface area contributed by atoms with Gasteiger partial charge in [-0.3, -0.25) is 9.80 Å². The molecule has 15 heteroatoms. The van der Waals surface area contributed by atoms with Crippen molar-refractivity contribution in [2.45, 2.75) is 39.4 Å². The third-order valence-electron chi connectivity index (χ3n) is 5.69. The predicted molar refractivity (Wildman–Crippen MR) is 184 cm³/mol. The SMILES string of the molecule is C1COCCN2CCOCCN(CCO1)CCOCC2.CC(C)(C)[S][Pb]=[Mn].Cc1cc[cH-]c1.Cc1cc[cH-]c1.[C-]#[O+].[C-]#[O+].[C-]#[O+].[C-]#[O+].[Li].[Mn]. The number of fused-ring (bicyclic) bond motifs is 15. The Morgan fingerprint density at radius 2 is 0.898 bits per heavy atom. The van der Waals surface area contributed by atoms with E-state index in [1.165, 1.54) is 11.1 Å². The Kier molecular flexibility index (Phi) is 63.2. The van der Waals surface area contributed by atoms with Gasteiger partial charge in [0.1, 0.15) is 0 Å². The molecule has 2 bridgehead atoms. The molecule has 272 valence electrons. The van der Waals surface area contributed by atoms with Crippen LogP contribution in [0.2, 0.25) is 0 Å². The number of ether oxygens (including phenoxy) is 4. The van der Waals surface area contributed by atoms with Crippen LogP contribution >= 0.6 is 8.31 Å². The molecule has 5 rings (SSSR count). The Morgan fingerprint density at radius 1 is 0.633 bits per heavy atom. The zero-order valence-electron chi connectivity index (χ0n) is 29.8. The van der Waals surface area contributed by atoms with Crippen molar-refractivity contribution in [2.24, 2.45) is 0 Å². The summed E-state index contributed by atoms with van der Waals surface area (Å²) in [5, 5.41) is 0.